The van der Waals surface area contributed by atoms with Gasteiger partial charge in [0.2, 0.25) is 0 Å². The Morgan fingerprint density at radius 3 is 2.76 bits per heavy atom. The second kappa shape index (κ2) is 9.53. The van der Waals surface area contributed by atoms with E-state index in [1.54, 1.807) is 12.0 Å². The molecule has 0 aliphatic carbocycles. The summed E-state index contributed by atoms with van der Waals surface area (Å²) in [7, 11) is 1.58. The minimum atomic E-state index is -0.121. The van der Waals surface area contributed by atoms with Gasteiger partial charge in [0, 0.05) is 26.6 Å². The fourth-order valence-corrected chi connectivity index (χ4v) is 2.72. The molecule has 1 aromatic rings. The number of carbonyl (C=O) groups is 1. The molecule has 1 amide bonds. The summed E-state index contributed by atoms with van der Waals surface area (Å²) in [6.45, 7) is 3.01. The number of aryl methyl sites for hydroxylation is 1. The molecular formula is C15H21NO4S. The van der Waals surface area contributed by atoms with Crippen molar-refractivity contribution in [1.29, 1.82) is 0 Å². The van der Waals surface area contributed by atoms with Gasteiger partial charge in [0.25, 0.3) is 5.91 Å². The van der Waals surface area contributed by atoms with E-state index in [9.17, 15) is 4.79 Å². The van der Waals surface area contributed by atoms with Gasteiger partial charge in [-0.25, -0.2) is 0 Å². The van der Waals surface area contributed by atoms with Crippen LogP contribution in [0.15, 0.2) is 6.07 Å². The molecule has 0 fully saturated rings. The largest absolute Gasteiger partial charge is 0.395 e. The van der Waals surface area contributed by atoms with Gasteiger partial charge in [0.15, 0.2) is 0 Å². The molecule has 0 atom stereocenters. The second-order valence-corrected chi connectivity index (χ2v) is 5.46. The van der Waals surface area contributed by atoms with E-state index in [1.807, 2.05) is 13.0 Å². The average molecular weight is 311 g/mol. The number of hydrogen-bond acceptors (Lipinski definition) is 5. The number of amides is 1. The highest BCUT2D eigenvalue weighted by Crippen LogP contribution is 2.22. The third-order valence-electron chi connectivity index (χ3n) is 2.79. The van der Waals surface area contributed by atoms with Crippen LogP contribution < -0.4 is 0 Å². The van der Waals surface area contributed by atoms with Gasteiger partial charge in [-0.05, 0) is 18.6 Å². The van der Waals surface area contributed by atoms with E-state index in [4.69, 9.17) is 14.9 Å². The monoisotopic (exact) mass is 311 g/mol. The van der Waals surface area contributed by atoms with Crippen LogP contribution in [0.3, 0.4) is 0 Å². The van der Waals surface area contributed by atoms with Crippen molar-refractivity contribution in [3.63, 3.8) is 0 Å². The van der Waals surface area contributed by atoms with E-state index >= 15 is 0 Å². The van der Waals surface area contributed by atoms with Crippen LogP contribution >= 0.6 is 11.3 Å². The lowest BCUT2D eigenvalue weighted by atomic mass is 10.2. The highest BCUT2D eigenvalue weighted by atomic mass is 32.1. The summed E-state index contributed by atoms with van der Waals surface area (Å²) < 4.78 is 4.98. The Kier molecular flexibility index (Phi) is 8.01. The third kappa shape index (κ3) is 5.48. The van der Waals surface area contributed by atoms with E-state index in [1.165, 1.54) is 11.3 Å². The Morgan fingerprint density at radius 2 is 2.14 bits per heavy atom. The molecule has 0 unspecified atom stereocenters. The maximum Gasteiger partial charge on any atom is 0.264 e. The van der Waals surface area contributed by atoms with Crippen molar-refractivity contribution in [1.82, 2.24) is 4.90 Å². The number of nitrogens with zero attached hydrogens (tertiary/aromatic N) is 1. The highest BCUT2D eigenvalue weighted by molar-refractivity contribution is 7.14. The molecule has 21 heavy (non-hydrogen) atoms. The van der Waals surface area contributed by atoms with Crippen molar-refractivity contribution in [3.05, 3.63) is 21.4 Å². The summed E-state index contributed by atoms with van der Waals surface area (Å²) in [5.74, 6) is 5.70. The predicted octanol–water partition coefficient (Wildman–Crippen LogP) is 0.871. The number of methoxy groups -OCH3 is 1. The van der Waals surface area contributed by atoms with Gasteiger partial charge in [-0.15, -0.1) is 11.3 Å². The summed E-state index contributed by atoms with van der Waals surface area (Å²) in [6, 6.07) is 1.81. The van der Waals surface area contributed by atoms with E-state index in [0.29, 0.717) is 24.4 Å². The SMILES string of the molecule is COCCN(CCO)C(=O)c1cc(C)c(C#CCCO)s1. The normalized spacial score (nSPS) is 10.1. The number of ether oxygens (including phenoxy) is 1. The summed E-state index contributed by atoms with van der Waals surface area (Å²) in [4.78, 5) is 15.4. The van der Waals surface area contributed by atoms with E-state index < -0.39 is 0 Å². The zero-order chi connectivity index (χ0) is 15.7. The fourth-order valence-electron chi connectivity index (χ4n) is 1.70. The maximum atomic E-state index is 12.4. The molecule has 1 aromatic heterocycles. The molecule has 116 valence electrons. The quantitative estimate of drug-likeness (QED) is 0.733. The number of rotatable bonds is 7. The van der Waals surface area contributed by atoms with Gasteiger partial charge in [-0.1, -0.05) is 11.8 Å². The molecule has 0 bridgehead atoms. The molecule has 2 N–H and O–H groups in total. The number of hydrogen-bond donors (Lipinski definition) is 2. The first-order valence-corrected chi connectivity index (χ1v) is 7.55. The fraction of sp³-hybridized carbons (Fsp3) is 0.533. The smallest absolute Gasteiger partial charge is 0.264 e. The Labute approximate surface area is 129 Å². The molecule has 0 aromatic carbocycles. The first-order chi connectivity index (χ1) is 10.1. The Balaban J connectivity index is 2.85. The average Bonchev–Trinajstić information content (AvgIpc) is 2.84. The molecule has 0 radical (unpaired) electrons. The standard InChI is InChI=1S/C15H21NO4S/c1-12-11-14(21-13(12)5-3-4-8-17)15(19)16(6-9-18)7-10-20-2/h11,17-18H,4,6-10H2,1-2H3. The van der Waals surface area contributed by atoms with Gasteiger partial charge < -0.3 is 19.8 Å². The zero-order valence-electron chi connectivity index (χ0n) is 12.4. The van der Waals surface area contributed by atoms with Crippen LogP contribution in [-0.2, 0) is 4.74 Å². The maximum absolute atomic E-state index is 12.4. The Bertz CT molecular complexity index is 515. The van der Waals surface area contributed by atoms with Crippen LogP contribution in [0.1, 0.15) is 26.5 Å². The van der Waals surface area contributed by atoms with Gasteiger partial charge in [-0.3, -0.25) is 4.79 Å². The number of aliphatic hydroxyl groups is 2. The lowest BCUT2D eigenvalue weighted by molar-refractivity contribution is 0.0661. The molecule has 0 saturated carbocycles. The van der Waals surface area contributed by atoms with Crippen molar-refractivity contribution in [2.45, 2.75) is 13.3 Å². The van der Waals surface area contributed by atoms with Crippen molar-refractivity contribution < 1.29 is 19.7 Å². The third-order valence-corrected chi connectivity index (χ3v) is 3.93. The molecule has 1 heterocycles. The van der Waals surface area contributed by atoms with Crippen LogP contribution in [0.4, 0.5) is 0 Å². The topological polar surface area (TPSA) is 70.0 Å². The van der Waals surface area contributed by atoms with Gasteiger partial charge in [0.05, 0.1) is 29.6 Å². The van der Waals surface area contributed by atoms with Crippen molar-refractivity contribution in [3.8, 4) is 11.8 Å². The number of carbonyl (C=O) groups excluding carboxylic acids is 1. The molecule has 5 nitrogen and oxygen atoms in total. The minimum Gasteiger partial charge on any atom is -0.395 e. The van der Waals surface area contributed by atoms with Crippen molar-refractivity contribution >= 4 is 17.2 Å². The first kappa shape index (κ1) is 17.7. The van der Waals surface area contributed by atoms with Crippen molar-refractivity contribution in [2.24, 2.45) is 0 Å². The van der Waals surface area contributed by atoms with Crippen LogP contribution in [0, 0.1) is 18.8 Å². The highest BCUT2D eigenvalue weighted by Gasteiger charge is 2.18. The molecule has 0 spiro atoms. The molecule has 0 aliphatic rings. The predicted molar refractivity (Wildman–Crippen MR) is 82.5 cm³/mol. The minimum absolute atomic E-state index is 0.0322. The van der Waals surface area contributed by atoms with E-state index in [-0.39, 0.29) is 25.7 Å². The number of aliphatic hydroxyl groups excluding tert-OH is 2. The molecule has 0 saturated heterocycles. The summed E-state index contributed by atoms with van der Waals surface area (Å²) >= 11 is 1.34. The molecule has 0 aliphatic heterocycles. The molecule has 6 heteroatoms. The summed E-state index contributed by atoms with van der Waals surface area (Å²) in [6.07, 6.45) is 0.422. The molecule has 1 rings (SSSR count). The lowest BCUT2D eigenvalue weighted by Gasteiger charge is -2.20. The Hall–Kier alpha value is -1.39. The van der Waals surface area contributed by atoms with Crippen LogP contribution in [0.2, 0.25) is 0 Å². The first-order valence-electron chi connectivity index (χ1n) is 6.73. The van der Waals surface area contributed by atoms with Gasteiger partial charge in [0.1, 0.15) is 0 Å². The second-order valence-electron chi connectivity index (χ2n) is 4.41. The van der Waals surface area contributed by atoms with Gasteiger partial charge in [-0.2, -0.15) is 0 Å². The molecular weight excluding hydrogens is 290 g/mol. The van der Waals surface area contributed by atoms with E-state index in [2.05, 4.69) is 11.8 Å². The van der Waals surface area contributed by atoms with Crippen LogP contribution in [0.5, 0.6) is 0 Å². The van der Waals surface area contributed by atoms with Crippen LogP contribution in [0.25, 0.3) is 0 Å². The number of thiophene rings is 1. The zero-order valence-corrected chi connectivity index (χ0v) is 13.2. The van der Waals surface area contributed by atoms with Gasteiger partial charge >= 0.3 is 0 Å². The Morgan fingerprint density at radius 1 is 1.38 bits per heavy atom. The van der Waals surface area contributed by atoms with E-state index in [0.717, 1.165) is 10.4 Å². The summed E-state index contributed by atoms with van der Waals surface area (Å²) in [5.41, 5.74) is 0.949. The van der Waals surface area contributed by atoms with Crippen molar-refractivity contribution in [2.75, 3.05) is 40.0 Å². The van der Waals surface area contributed by atoms with Crippen LogP contribution in [-0.4, -0.2) is 61.0 Å². The summed E-state index contributed by atoms with van der Waals surface area (Å²) in [5, 5.41) is 17.8. The lowest BCUT2D eigenvalue weighted by Crippen LogP contribution is -2.35.